The summed E-state index contributed by atoms with van der Waals surface area (Å²) >= 11 is 1.41. The highest BCUT2D eigenvalue weighted by Crippen LogP contribution is 2.44. The number of aliphatic hydroxyl groups is 1. The molecule has 0 aromatic heterocycles. The van der Waals surface area contributed by atoms with Crippen LogP contribution in [0.5, 0.6) is 0 Å². The molecule has 13 heteroatoms. The fourth-order valence-electron chi connectivity index (χ4n) is 4.37. The number of nitriles is 1. The summed E-state index contributed by atoms with van der Waals surface area (Å²) in [5.74, 6) is -0.846. The van der Waals surface area contributed by atoms with Gasteiger partial charge in [-0.3, -0.25) is 4.90 Å². The Bertz CT molecular complexity index is 981. The maximum Gasteiger partial charge on any atom is 0.411 e. The Kier molecular flexibility index (Phi) is 10.6. The van der Waals surface area contributed by atoms with Crippen LogP contribution < -0.4 is 5.32 Å². The van der Waals surface area contributed by atoms with Gasteiger partial charge in [0.2, 0.25) is 0 Å². The average molecular weight is 572 g/mol. The second-order valence-electron chi connectivity index (χ2n) is 11.7. The van der Waals surface area contributed by atoms with E-state index >= 15 is 0 Å². The first-order valence-corrected chi connectivity index (χ1v) is 13.8. The van der Waals surface area contributed by atoms with Crippen LogP contribution in [0.3, 0.4) is 0 Å². The molecule has 220 valence electrons. The molecule has 2 N–H and O–H groups in total. The molecule has 0 radical (unpaired) electrons. The van der Waals surface area contributed by atoms with E-state index in [0.29, 0.717) is 17.8 Å². The van der Waals surface area contributed by atoms with Crippen molar-refractivity contribution in [1.82, 2.24) is 10.2 Å². The second kappa shape index (κ2) is 12.7. The predicted molar refractivity (Wildman–Crippen MR) is 143 cm³/mol. The van der Waals surface area contributed by atoms with Gasteiger partial charge in [-0.2, -0.15) is 17.0 Å². The molecular formula is C26H41N3O9S. The van der Waals surface area contributed by atoms with E-state index in [0.717, 1.165) is 0 Å². The van der Waals surface area contributed by atoms with Gasteiger partial charge in [0.25, 0.3) is 0 Å². The minimum atomic E-state index is -0.972. The lowest BCUT2D eigenvalue weighted by molar-refractivity contribution is -0.163. The normalized spacial score (nSPS) is 25.3. The second-order valence-corrected chi connectivity index (χ2v) is 12.9. The molecule has 39 heavy (non-hydrogen) atoms. The SMILES string of the molecule is COC(=O)C(CCSCC1C2OC(C)(C)OC2C(C(C#N)=CO)N1C(=O)OC(C)(C)C)NC(=O)OC(C)(C)C. The van der Waals surface area contributed by atoms with E-state index in [1.165, 1.54) is 23.8 Å². The van der Waals surface area contributed by atoms with Crippen molar-refractivity contribution < 1.29 is 43.2 Å². The lowest BCUT2D eigenvalue weighted by Crippen LogP contribution is -2.50. The van der Waals surface area contributed by atoms with E-state index in [9.17, 15) is 24.8 Å². The first kappa shape index (κ1) is 32.5. The number of nitrogens with zero attached hydrogens (tertiary/aromatic N) is 2. The Morgan fingerprint density at radius 1 is 1.13 bits per heavy atom. The minimum absolute atomic E-state index is 0.0584. The van der Waals surface area contributed by atoms with E-state index in [-0.39, 0.29) is 12.0 Å². The van der Waals surface area contributed by atoms with Gasteiger partial charge in [0, 0.05) is 5.75 Å². The van der Waals surface area contributed by atoms with Crippen molar-refractivity contribution in [2.45, 2.75) is 109 Å². The van der Waals surface area contributed by atoms with Crippen molar-refractivity contribution in [1.29, 1.82) is 5.26 Å². The predicted octanol–water partition coefficient (Wildman–Crippen LogP) is 3.65. The van der Waals surface area contributed by atoms with Crippen LogP contribution in [0.15, 0.2) is 11.8 Å². The summed E-state index contributed by atoms with van der Waals surface area (Å²) in [5.41, 5.74) is -1.60. The molecule has 0 bridgehead atoms. The van der Waals surface area contributed by atoms with Crippen LogP contribution in [-0.4, -0.2) is 94.1 Å². The number of carbonyl (C=O) groups excluding carboxylic acids is 3. The standard InChI is InChI=1S/C26H41N3O9S/c1-24(2,3)37-22(32)28-16(21(31)34-9)10-11-39-14-17-19-20(36-26(7,8)35-19)18(15(12-27)13-30)29(17)23(33)38-25(4,5)6/h13,16-20,30H,10-11,14H2,1-9H3,(H,28,32). The molecule has 2 heterocycles. The third-order valence-corrected chi connectivity index (χ3v) is 6.82. The Hall–Kier alpha value is -2.69. The summed E-state index contributed by atoms with van der Waals surface area (Å²) in [7, 11) is 1.23. The smallest absolute Gasteiger partial charge is 0.411 e. The highest BCUT2D eigenvalue weighted by Gasteiger charge is 2.61. The largest absolute Gasteiger partial charge is 0.514 e. The molecule has 0 aromatic carbocycles. The molecule has 0 spiro atoms. The number of rotatable bonds is 8. The number of hydrogen-bond acceptors (Lipinski definition) is 11. The van der Waals surface area contributed by atoms with Gasteiger partial charge < -0.3 is 34.1 Å². The number of carbonyl (C=O) groups is 3. The molecule has 5 unspecified atom stereocenters. The molecule has 2 saturated heterocycles. The van der Waals surface area contributed by atoms with Crippen molar-refractivity contribution in [3.63, 3.8) is 0 Å². The molecule has 0 aliphatic carbocycles. The van der Waals surface area contributed by atoms with Gasteiger partial charge in [-0.1, -0.05) is 0 Å². The van der Waals surface area contributed by atoms with Crippen LogP contribution in [0.1, 0.15) is 61.8 Å². The summed E-state index contributed by atoms with van der Waals surface area (Å²) in [4.78, 5) is 39.2. The Balaban J connectivity index is 2.22. The summed E-state index contributed by atoms with van der Waals surface area (Å²) in [6.45, 7) is 13.8. The van der Waals surface area contributed by atoms with Gasteiger partial charge in [0.15, 0.2) is 5.79 Å². The number of amides is 2. The number of likely N-dealkylation sites (tertiary alicyclic amines) is 1. The summed E-state index contributed by atoms with van der Waals surface area (Å²) in [5, 5.41) is 22.0. The van der Waals surface area contributed by atoms with Crippen molar-refractivity contribution in [3.05, 3.63) is 11.8 Å². The number of hydrogen-bond donors (Lipinski definition) is 2. The fraction of sp³-hybridized carbons (Fsp3) is 0.769. The third kappa shape index (κ3) is 8.91. The zero-order chi connectivity index (χ0) is 29.8. The molecule has 2 aliphatic heterocycles. The summed E-state index contributed by atoms with van der Waals surface area (Å²) in [6, 6.07) is -0.491. The lowest BCUT2D eigenvalue weighted by Gasteiger charge is -2.35. The van der Waals surface area contributed by atoms with Crippen LogP contribution >= 0.6 is 11.8 Å². The van der Waals surface area contributed by atoms with Gasteiger partial charge in [-0.25, -0.2) is 14.4 Å². The number of thioether (sulfide) groups is 1. The van der Waals surface area contributed by atoms with Gasteiger partial charge >= 0.3 is 18.2 Å². The molecule has 2 rings (SSSR count). The number of alkyl carbamates (subject to hydrolysis) is 1. The molecule has 0 saturated carbocycles. The van der Waals surface area contributed by atoms with E-state index in [4.69, 9.17) is 23.7 Å². The Labute approximate surface area is 234 Å². The minimum Gasteiger partial charge on any atom is -0.514 e. The van der Waals surface area contributed by atoms with Crippen LogP contribution in [0.2, 0.25) is 0 Å². The average Bonchev–Trinajstić information content (AvgIpc) is 3.24. The molecule has 5 atom stereocenters. The van der Waals surface area contributed by atoms with Gasteiger partial charge in [0.1, 0.15) is 41.6 Å². The van der Waals surface area contributed by atoms with Gasteiger partial charge in [-0.15, -0.1) is 0 Å². The van der Waals surface area contributed by atoms with Gasteiger partial charge in [-0.05, 0) is 67.6 Å². The topological polar surface area (TPSA) is 157 Å². The zero-order valence-corrected chi connectivity index (χ0v) is 24.9. The van der Waals surface area contributed by atoms with Crippen LogP contribution in [-0.2, 0) is 28.5 Å². The first-order chi connectivity index (χ1) is 17.9. The van der Waals surface area contributed by atoms with Crippen molar-refractivity contribution in [2.75, 3.05) is 18.6 Å². The highest BCUT2D eigenvalue weighted by atomic mass is 32.2. The quantitative estimate of drug-likeness (QED) is 0.144. The van der Waals surface area contributed by atoms with Crippen molar-refractivity contribution >= 4 is 29.9 Å². The van der Waals surface area contributed by atoms with Crippen LogP contribution in [0, 0.1) is 11.3 Å². The monoisotopic (exact) mass is 571 g/mol. The summed E-state index contributed by atoms with van der Waals surface area (Å²) in [6.07, 6.45) is -1.83. The zero-order valence-electron chi connectivity index (χ0n) is 24.1. The van der Waals surface area contributed by atoms with E-state index in [2.05, 4.69) is 5.32 Å². The number of fused-ring (bicyclic) bond motifs is 1. The van der Waals surface area contributed by atoms with Gasteiger partial charge in [0.05, 0.1) is 25.0 Å². The lowest BCUT2D eigenvalue weighted by atomic mass is 10.0. The maximum absolute atomic E-state index is 13.4. The molecule has 2 aliphatic rings. The maximum atomic E-state index is 13.4. The molecule has 12 nitrogen and oxygen atoms in total. The fourth-order valence-corrected chi connectivity index (χ4v) is 5.53. The van der Waals surface area contributed by atoms with Crippen LogP contribution in [0.4, 0.5) is 9.59 Å². The first-order valence-electron chi connectivity index (χ1n) is 12.7. The molecule has 2 fully saturated rings. The third-order valence-electron chi connectivity index (χ3n) is 5.72. The number of ether oxygens (including phenoxy) is 5. The number of aliphatic hydroxyl groups excluding tert-OH is 1. The van der Waals surface area contributed by atoms with E-state index in [1.54, 1.807) is 55.4 Å². The molecule has 2 amide bonds. The highest BCUT2D eigenvalue weighted by molar-refractivity contribution is 7.99. The van der Waals surface area contributed by atoms with Crippen molar-refractivity contribution in [3.8, 4) is 6.07 Å². The Morgan fingerprint density at radius 3 is 2.23 bits per heavy atom. The molecule has 0 aromatic rings. The number of methoxy groups -OCH3 is 1. The van der Waals surface area contributed by atoms with E-state index < -0.39 is 65.5 Å². The molecular weight excluding hydrogens is 530 g/mol. The van der Waals surface area contributed by atoms with Crippen molar-refractivity contribution in [2.24, 2.45) is 0 Å². The van der Waals surface area contributed by atoms with E-state index in [1.807, 2.05) is 6.07 Å². The number of nitrogens with one attached hydrogen (secondary N) is 1. The van der Waals surface area contributed by atoms with Crippen LogP contribution in [0.25, 0.3) is 0 Å². The number of esters is 1. The summed E-state index contributed by atoms with van der Waals surface area (Å²) < 4.78 is 27.9. The Morgan fingerprint density at radius 2 is 1.72 bits per heavy atom.